The van der Waals surface area contributed by atoms with Crippen LogP contribution in [-0.4, -0.2) is 23.7 Å². The predicted molar refractivity (Wildman–Crippen MR) is 68.8 cm³/mol. The Morgan fingerprint density at radius 3 is 2.47 bits per heavy atom. The van der Waals surface area contributed by atoms with Crippen LogP contribution in [0.5, 0.6) is 0 Å². The Bertz CT molecular complexity index is 358. The Morgan fingerprint density at radius 1 is 1.35 bits per heavy atom. The second-order valence-corrected chi connectivity index (χ2v) is 4.88. The third-order valence-electron chi connectivity index (χ3n) is 2.91. The molecular formula is C14H21NO2. The lowest BCUT2D eigenvalue weighted by molar-refractivity contribution is -0.125. The maximum Gasteiger partial charge on any atom is 0.230 e. The van der Waals surface area contributed by atoms with Crippen LogP contribution in [0.1, 0.15) is 32.8 Å². The molecule has 0 aromatic heterocycles. The fourth-order valence-electron chi connectivity index (χ4n) is 1.60. The summed E-state index contributed by atoms with van der Waals surface area (Å²) in [4.78, 5) is 12.1. The smallest absolute Gasteiger partial charge is 0.230 e. The quantitative estimate of drug-likeness (QED) is 0.818. The van der Waals surface area contributed by atoms with Crippen LogP contribution < -0.4 is 5.32 Å². The van der Waals surface area contributed by atoms with Gasteiger partial charge in [-0.15, -0.1) is 0 Å². The normalized spacial score (nSPS) is 13.2. The van der Waals surface area contributed by atoms with Crippen molar-refractivity contribution in [2.45, 2.75) is 38.7 Å². The first-order valence-corrected chi connectivity index (χ1v) is 5.96. The van der Waals surface area contributed by atoms with Crippen molar-refractivity contribution >= 4 is 5.91 Å². The average molecular weight is 235 g/mol. The number of carbonyl (C=O) groups excluding carboxylic acids is 1. The number of benzene rings is 1. The maximum absolute atomic E-state index is 12.1. The van der Waals surface area contributed by atoms with Crippen molar-refractivity contribution in [3.8, 4) is 0 Å². The highest BCUT2D eigenvalue weighted by Gasteiger charge is 2.28. The van der Waals surface area contributed by atoms with Crippen LogP contribution in [0.2, 0.25) is 0 Å². The van der Waals surface area contributed by atoms with E-state index in [0.29, 0.717) is 13.0 Å². The van der Waals surface area contributed by atoms with E-state index >= 15 is 0 Å². The molecule has 0 aliphatic carbocycles. The first-order chi connectivity index (χ1) is 7.94. The van der Waals surface area contributed by atoms with Crippen LogP contribution in [0.4, 0.5) is 0 Å². The van der Waals surface area contributed by atoms with Crippen molar-refractivity contribution < 1.29 is 9.90 Å². The van der Waals surface area contributed by atoms with Crippen LogP contribution in [0.15, 0.2) is 30.3 Å². The predicted octanol–water partition coefficient (Wildman–Crippen LogP) is 1.85. The summed E-state index contributed by atoms with van der Waals surface area (Å²) in [5, 5.41) is 12.0. The molecule has 3 heteroatoms. The molecule has 94 valence electrons. The summed E-state index contributed by atoms with van der Waals surface area (Å²) < 4.78 is 0. The Labute approximate surface area is 103 Å². The molecule has 1 rings (SSSR count). The summed E-state index contributed by atoms with van der Waals surface area (Å²) in [5.41, 5.74) is 0.453. The monoisotopic (exact) mass is 235 g/mol. The minimum Gasteiger partial charge on any atom is -0.393 e. The number of amides is 1. The topological polar surface area (TPSA) is 49.3 Å². The Kier molecular flexibility index (Phi) is 4.70. The maximum atomic E-state index is 12.1. The van der Waals surface area contributed by atoms with E-state index < -0.39 is 5.41 Å². The van der Waals surface area contributed by atoms with Gasteiger partial charge in [0.05, 0.1) is 11.5 Å². The molecule has 1 aromatic carbocycles. The Hall–Kier alpha value is -1.35. The molecule has 0 fully saturated rings. The van der Waals surface area contributed by atoms with Crippen LogP contribution in [-0.2, 0) is 10.2 Å². The Balaban J connectivity index is 2.61. The molecule has 0 bridgehead atoms. The zero-order valence-corrected chi connectivity index (χ0v) is 10.7. The number of carbonyl (C=O) groups is 1. The van der Waals surface area contributed by atoms with E-state index in [2.05, 4.69) is 5.32 Å². The molecule has 0 spiro atoms. The van der Waals surface area contributed by atoms with Gasteiger partial charge in [0, 0.05) is 6.54 Å². The molecule has 0 aliphatic heterocycles. The molecule has 0 aliphatic rings. The third-order valence-corrected chi connectivity index (χ3v) is 2.91. The van der Waals surface area contributed by atoms with E-state index in [0.717, 1.165) is 5.56 Å². The lowest BCUT2D eigenvalue weighted by Crippen LogP contribution is -2.41. The summed E-state index contributed by atoms with van der Waals surface area (Å²) in [6.07, 6.45) is 0.200. The fourth-order valence-corrected chi connectivity index (χ4v) is 1.60. The number of aliphatic hydroxyl groups excluding tert-OH is 1. The van der Waals surface area contributed by atoms with Gasteiger partial charge in [0.1, 0.15) is 0 Å². The molecule has 0 heterocycles. The van der Waals surface area contributed by atoms with Gasteiger partial charge in [0.2, 0.25) is 5.91 Å². The molecule has 3 nitrogen and oxygen atoms in total. The summed E-state index contributed by atoms with van der Waals surface area (Å²) in [6, 6.07) is 9.70. The highest BCUT2D eigenvalue weighted by molar-refractivity contribution is 5.87. The van der Waals surface area contributed by atoms with E-state index in [1.807, 2.05) is 44.2 Å². The molecule has 1 aromatic rings. The van der Waals surface area contributed by atoms with Gasteiger partial charge in [-0.25, -0.2) is 0 Å². The van der Waals surface area contributed by atoms with Crippen LogP contribution >= 0.6 is 0 Å². The van der Waals surface area contributed by atoms with Gasteiger partial charge < -0.3 is 10.4 Å². The van der Waals surface area contributed by atoms with E-state index in [1.54, 1.807) is 6.92 Å². The van der Waals surface area contributed by atoms with E-state index in [1.165, 1.54) is 0 Å². The van der Waals surface area contributed by atoms with E-state index in [4.69, 9.17) is 5.11 Å². The SMILES string of the molecule is CC(O)CCNC(=O)C(C)(C)c1ccccc1. The molecule has 2 N–H and O–H groups in total. The number of hydrogen-bond donors (Lipinski definition) is 2. The fraction of sp³-hybridized carbons (Fsp3) is 0.500. The van der Waals surface area contributed by atoms with Gasteiger partial charge in [-0.3, -0.25) is 4.79 Å². The summed E-state index contributed by atoms with van der Waals surface area (Å²) >= 11 is 0. The first kappa shape index (κ1) is 13.7. The molecule has 1 atom stereocenters. The molecule has 0 saturated carbocycles. The van der Waals surface area contributed by atoms with Crippen molar-refractivity contribution in [3.05, 3.63) is 35.9 Å². The van der Waals surface area contributed by atoms with E-state index in [-0.39, 0.29) is 12.0 Å². The van der Waals surface area contributed by atoms with Gasteiger partial charge in [-0.05, 0) is 32.8 Å². The zero-order chi connectivity index (χ0) is 12.9. The van der Waals surface area contributed by atoms with Gasteiger partial charge in [-0.1, -0.05) is 30.3 Å². The zero-order valence-electron chi connectivity index (χ0n) is 10.7. The number of aliphatic hydroxyl groups is 1. The largest absolute Gasteiger partial charge is 0.393 e. The minimum atomic E-state index is -0.542. The minimum absolute atomic E-state index is 0.00986. The van der Waals surface area contributed by atoms with Crippen molar-refractivity contribution in [2.75, 3.05) is 6.54 Å². The highest BCUT2D eigenvalue weighted by Crippen LogP contribution is 2.22. The van der Waals surface area contributed by atoms with Crippen molar-refractivity contribution in [1.82, 2.24) is 5.32 Å². The number of nitrogens with one attached hydrogen (secondary N) is 1. The van der Waals surface area contributed by atoms with Crippen molar-refractivity contribution in [1.29, 1.82) is 0 Å². The summed E-state index contributed by atoms with van der Waals surface area (Å²) in [7, 11) is 0. The Morgan fingerprint density at radius 2 is 1.94 bits per heavy atom. The first-order valence-electron chi connectivity index (χ1n) is 5.96. The molecule has 0 saturated heterocycles. The highest BCUT2D eigenvalue weighted by atomic mass is 16.3. The van der Waals surface area contributed by atoms with Crippen LogP contribution in [0.3, 0.4) is 0 Å². The summed E-state index contributed by atoms with van der Waals surface area (Å²) in [5.74, 6) is -0.00986. The lowest BCUT2D eigenvalue weighted by atomic mass is 9.84. The molecule has 17 heavy (non-hydrogen) atoms. The number of rotatable bonds is 5. The molecule has 1 unspecified atom stereocenters. The lowest BCUT2D eigenvalue weighted by Gasteiger charge is -2.24. The van der Waals surface area contributed by atoms with Crippen molar-refractivity contribution in [3.63, 3.8) is 0 Å². The van der Waals surface area contributed by atoms with E-state index in [9.17, 15) is 4.79 Å². The third kappa shape index (κ3) is 3.86. The number of hydrogen-bond acceptors (Lipinski definition) is 2. The second-order valence-electron chi connectivity index (χ2n) is 4.88. The van der Waals surface area contributed by atoms with Crippen molar-refractivity contribution in [2.24, 2.45) is 0 Å². The van der Waals surface area contributed by atoms with Gasteiger partial charge in [0.15, 0.2) is 0 Å². The van der Waals surface area contributed by atoms with Crippen LogP contribution in [0.25, 0.3) is 0 Å². The van der Waals surface area contributed by atoms with Gasteiger partial charge >= 0.3 is 0 Å². The van der Waals surface area contributed by atoms with Crippen LogP contribution in [0, 0.1) is 0 Å². The summed E-state index contributed by atoms with van der Waals surface area (Å²) in [6.45, 7) is 6.03. The van der Waals surface area contributed by atoms with Gasteiger partial charge in [0.25, 0.3) is 0 Å². The standard InChI is InChI=1S/C14H21NO2/c1-11(16)9-10-15-13(17)14(2,3)12-7-5-4-6-8-12/h4-8,11,16H,9-10H2,1-3H3,(H,15,17). The van der Waals surface area contributed by atoms with Gasteiger partial charge in [-0.2, -0.15) is 0 Å². The molecule has 1 amide bonds. The average Bonchev–Trinajstić information content (AvgIpc) is 2.29. The molecule has 0 radical (unpaired) electrons. The molecular weight excluding hydrogens is 214 g/mol. The second kappa shape index (κ2) is 5.82.